The van der Waals surface area contributed by atoms with E-state index in [2.05, 4.69) is 0 Å². The highest BCUT2D eigenvalue weighted by atomic mass is 19.1. The van der Waals surface area contributed by atoms with Crippen molar-refractivity contribution in [3.8, 4) is 6.07 Å². The van der Waals surface area contributed by atoms with Crippen LogP contribution in [0.25, 0.3) is 0 Å². The Bertz CT molecular complexity index is 109. The van der Waals surface area contributed by atoms with E-state index >= 15 is 0 Å². The van der Waals surface area contributed by atoms with Gasteiger partial charge in [-0.3, -0.25) is 0 Å². The molecule has 0 N–H and O–H groups in total. The van der Waals surface area contributed by atoms with Gasteiger partial charge in [0.1, 0.15) is 0 Å². The van der Waals surface area contributed by atoms with E-state index in [1.54, 1.807) is 0 Å². The fourth-order valence-electron chi connectivity index (χ4n) is 0.502. The number of rotatable bonds is 1. The van der Waals surface area contributed by atoms with E-state index in [1.165, 1.54) is 0 Å². The van der Waals surface area contributed by atoms with Gasteiger partial charge in [-0.25, -0.2) is 0 Å². The zero-order valence-electron chi connectivity index (χ0n) is 3.76. The maximum Gasteiger partial charge on any atom is 0.359 e. The quantitative estimate of drug-likeness (QED) is 0.445. The van der Waals surface area contributed by atoms with E-state index in [1.807, 2.05) is 6.07 Å². The Morgan fingerprint density at radius 3 is 2.71 bits per heavy atom. The summed E-state index contributed by atoms with van der Waals surface area (Å²) in [5.41, 5.74) is 0. The maximum absolute atomic E-state index is 11.3. The Labute approximate surface area is 42.4 Å². The molecule has 7 heavy (non-hydrogen) atoms. The van der Waals surface area contributed by atoms with E-state index in [0.29, 0.717) is 7.56 Å². The van der Waals surface area contributed by atoms with Crippen molar-refractivity contribution in [3.63, 3.8) is 0 Å². The van der Waals surface area contributed by atoms with Crippen molar-refractivity contribution in [1.29, 1.82) is 5.26 Å². The summed E-state index contributed by atoms with van der Waals surface area (Å²) in [6.45, 7) is 0. The highest BCUT2D eigenvalue weighted by Gasteiger charge is 2.38. The molecule has 0 bridgehead atoms. The summed E-state index contributed by atoms with van der Waals surface area (Å²) in [5, 5.41) is 8.07. The Morgan fingerprint density at radius 2 is 2.57 bits per heavy atom. The first kappa shape index (κ1) is 4.64. The highest BCUT2D eigenvalue weighted by molar-refractivity contribution is 6.30. The van der Waals surface area contributed by atoms with E-state index in [9.17, 15) is 4.32 Å². The van der Waals surface area contributed by atoms with Crippen LogP contribution >= 0.6 is 0 Å². The van der Waals surface area contributed by atoms with Gasteiger partial charge in [-0.05, 0) is 12.2 Å². The predicted octanol–water partition coefficient (Wildman–Crippen LogP) is 0.907. The first-order chi connectivity index (χ1) is 3.38. The first-order valence-electron chi connectivity index (χ1n) is 2.21. The molecule has 0 aromatic rings. The van der Waals surface area contributed by atoms with Crippen molar-refractivity contribution in [3.05, 3.63) is 0 Å². The van der Waals surface area contributed by atoms with Gasteiger partial charge in [0.15, 0.2) is 0 Å². The molecule has 0 heterocycles. The van der Waals surface area contributed by atoms with Crippen molar-refractivity contribution in [2.75, 3.05) is 0 Å². The lowest BCUT2D eigenvalue weighted by molar-refractivity contribution is 0.851. The number of nitrogens with zero attached hydrogens (tertiary/aromatic N) is 1. The van der Waals surface area contributed by atoms with Crippen LogP contribution in [0.4, 0.5) is 4.32 Å². The molecule has 0 saturated heterocycles. The van der Waals surface area contributed by atoms with Gasteiger partial charge in [0.05, 0.1) is 6.07 Å². The first-order valence-corrected chi connectivity index (χ1v) is 2.21. The van der Waals surface area contributed by atoms with Gasteiger partial charge < -0.3 is 4.32 Å². The predicted molar refractivity (Wildman–Crippen MR) is 24.3 cm³/mol. The SMILES string of the molecule is N#CC1CC1[B]F. The smallest absolute Gasteiger partial charge is 0.342 e. The van der Waals surface area contributed by atoms with Crippen molar-refractivity contribution in [1.82, 2.24) is 0 Å². The van der Waals surface area contributed by atoms with Crippen molar-refractivity contribution >= 4 is 7.56 Å². The minimum absolute atomic E-state index is 0.00926. The van der Waals surface area contributed by atoms with Crippen LogP contribution in [-0.4, -0.2) is 7.56 Å². The molecule has 0 spiro atoms. The van der Waals surface area contributed by atoms with Gasteiger partial charge in [-0.1, -0.05) is 0 Å². The second-order valence-electron chi connectivity index (χ2n) is 1.76. The molecule has 1 saturated carbocycles. The molecule has 0 aromatic heterocycles. The van der Waals surface area contributed by atoms with E-state index in [-0.39, 0.29) is 11.7 Å². The number of hydrogen-bond donors (Lipinski definition) is 0. The van der Waals surface area contributed by atoms with Crippen LogP contribution in [0.15, 0.2) is 0 Å². The molecule has 1 rings (SSSR count). The molecule has 0 aliphatic heterocycles. The van der Waals surface area contributed by atoms with Crippen LogP contribution < -0.4 is 0 Å². The van der Waals surface area contributed by atoms with Crippen molar-refractivity contribution in [2.24, 2.45) is 5.92 Å². The largest absolute Gasteiger partial charge is 0.359 e. The highest BCUT2D eigenvalue weighted by Crippen LogP contribution is 2.43. The van der Waals surface area contributed by atoms with Gasteiger partial charge >= 0.3 is 7.56 Å². The average Bonchev–Trinajstić information content (AvgIpc) is 2.43. The van der Waals surface area contributed by atoms with Gasteiger partial charge in [0.2, 0.25) is 0 Å². The minimum Gasteiger partial charge on any atom is -0.342 e. The zero-order valence-corrected chi connectivity index (χ0v) is 3.76. The van der Waals surface area contributed by atoms with Gasteiger partial charge in [-0.15, -0.1) is 0 Å². The molecule has 1 nitrogen and oxygen atoms in total. The molecular formula is C4H4BFN. The van der Waals surface area contributed by atoms with Crippen LogP contribution in [0.5, 0.6) is 0 Å². The summed E-state index contributed by atoms with van der Waals surface area (Å²) in [7, 11) is 0.605. The lowest BCUT2D eigenvalue weighted by atomic mass is 9.95. The summed E-state index contributed by atoms with van der Waals surface area (Å²) in [6.07, 6.45) is 0.729. The van der Waals surface area contributed by atoms with Crippen LogP contribution in [0, 0.1) is 17.2 Å². The van der Waals surface area contributed by atoms with Crippen LogP contribution in [0.2, 0.25) is 5.82 Å². The van der Waals surface area contributed by atoms with Gasteiger partial charge in [0.25, 0.3) is 0 Å². The van der Waals surface area contributed by atoms with Crippen molar-refractivity contribution < 1.29 is 4.32 Å². The third-order valence-corrected chi connectivity index (χ3v) is 1.17. The van der Waals surface area contributed by atoms with Gasteiger partial charge in [0, 0.05) is 5.92 Å². The molecule has 0 aromatic carbocycles. The van der Waals surface area contributed by atoms with E-state index in [0.717, 1.165) is 6.42 Å². The topological polar surface area (TPSA) is 23.8 Å². The summed E-state index contributed by atoms with van der Waals surface area (Å²) in [5.74, 6) is -0.0463. The summed E-state index contributed by atoms with van der Waals surface area (Å²) in [4.78, 5) is 0. The van der Waals surface area contributed by atoms with Crippen LogP contribution in [-0.2, 0) is 0 Å². The summed E-state index contributed by atoms with van der Waals surface area (Å²) < 4.78 is 11.3. The fourth-order valence-corrected chi connectivity index (χ4v) is 0.502. The fraction of sp³-hybridized carbons (Fsp3) is 0.750. The normalized spacial score (nSPS) is 36.6. The molecule has 1 aliphatic carbocycles. The molecule has 1 fully saturated rings. The Balaban J connectivity index is 2.21. The molecule has 1 aliphatic rings. The molecular weight excluding hydrogens is 91.9 g/mol. The lowest BCUT2D eigenvalue weighted by Crippen LogP contribution is -1.76. The van der Waals surface area contributed by atoms with Gasteiger partial charge in [-0.2, -0.15) is 5.26 Å². The third-order valence-electron chi connectivity index (χ3n) is 1.17. The van der Waals surface area contributed by atoms with Crippen LogP contribution in [0.1, 0.15) is 6.42 Å². The van der Waals surface area contributed by atoms with E-state index < -0.39 is 0 Å². The average molecular weight is 95.9 g/mol. The van der Waals surface area contributed by atoms with Crippen LogP contribution in [0.3, 0.4) is 0 Å². The molecule has 2 unspecified atom stereocenters. The zero-order chi connectivity index (χ0) is 5.28. The Morgan fingerprint density at radius 1 is 1.86 bits per heavy atom. The Hall–Kier alpha value is -0.515. The second-order valence-corrected chi connectivity index (χ2v) is 1.76. The summed E-state index contributed by atoms with van der Waals surface area (Å²) in [6, 6.07) is 1.97. The standard InChI is InChI=1S/C4H4BFN/c6-5-4-1-3(4)2-7/h3-4H,1H2. The number of hydrogen-bond acceptors (Lipinski definition) is 1. The Kier molecular flexibility index (Phi) is 1.02. The molecule has 1 radical (unpaired) electrons. The molecule has 0 amide bonds. The maximum atomic E-state index is 11.3. The second kappa shape index (κ2) is 1.53. The monoisotopic (exact) mass is 96.0 g/mol. The minimum atomic E-state index is -0.0370. The number of nitriles is 1. The number of halogens is 1. The molecule has 2 atom stereocenters. The lowest BCUT2D eigenvalue weighted by Gasteiger charge is -1.70. The van der Waals surface area contributed by atoms with Crippen molar-refractivity contribution in [2.45, 2.75) is 12.2 Å². The summed E-state index contributed by atoms with van der Waals surface area (Å²) >= 11 is 0. The third kappa shape index (κ3) is 0.740. The molecule has 3 heteroatoms. The van der Waals surface area contributed by atoms with E-state index in [4.69, 9.17) is 5.26 Å². The molecule has 35 valence electrons.